The molecular formula is C19H25Cl2F3N6. The van der Waals surface area contributed by atoms with Gasteiger partial charge in [0.15, 0.2) is 0 Å². The predicted octanol–water partition coefficient (Wildman–Crippen LogP) is 4.08. The highest BCUT2D eigenvalue weighted by atomic mass is 35.5. The van der Waals surface area contributed by atoms with Gasteiger partial charge in [0, 0.05) is 36.1 Å². The van der Waals surface area contributed by atoms with Gasteiger partial charge in [0.2, 0.25) is 5.95 Å². The molecule has 2 aromatic rings. The van der Waals surface area contributed by atoms with Crippen LogP contribution in [0.25, 0.3) is 0 Å². The highest BCUT2D eigenvalue weighted by Gasteiger charge is 2.33. The van der Waals surface area contributed by atoms with Crippen LogP contribution in [-0.4, -0.2) is 29.1 Å². The second kappa shape index (κ2) is 9.45. The van der Waals surface area contributed by atoms with Crippen molar-refractivity contribution < 1.29 is 13.2 Å². The second-order valence-electron chi connectivity index (χ2n) is 7.42. The number of nitrogens with one attached hydrogen (secondary N) is 1. The summed E-state index contributed by atoms with van der Waals surface area (Å²) in [5.74, 6) is 1.15. The molecule has 2 aliphatic rings. The zero-order valence-electron chi connectivity index (χ0n) is 16.2. The van der Waals surface area contributed by atoms with Crippen LogP contribution in [0.15, 0.2) is 18.2 Å². The Balaban J connectivity index is 0.00000160. The molecule has 30 heavy (non-hydrogen) atoms. The van der Waals surface area contributed by atoms with Crippen LogP contribution in [0.2, 0.25) is 0 Å². The van der Waals surface area contributed by atoms with Crippen LogP contribution in [0.3, 0.4) is 0 Å². The number of hydrogen-bond acceptors (Lipinski definition) is 6. The van der Waals surface area contributed by atoms with Gasteiger partial charge in [-0.15, -0.1) is 24.8 Å². The third-order valence-corrected chi connectivity index (χ3v) is 5.28. The van der Waals surface area contributed by atoms with Gasteiger partial charge >= 0.3 is 6.18 Å². The highest BCUT2D eigenvalue weighted by molar-refractivity contribution is 5.85. The number of rotatable bonds is 3. The molecule has 5 N–H and O–H groups in total. The Labute approximate surface area is 185 Å². The zero-order valence-corrected chi connectivity index (χ0v) is 17.8. The van der Waals surface area contributed by atoms with Crippen LogP contribution in [0, 0.1) is 0 Å². The van der Waals surface area contributed by atoms with E-state index in [1.54, 1.807) is 0 Å². The Hall–Kier alpha value is -1.97. The number of nitrogens with two attached hydrogens (primary N) is 2. The number of nitrogen functional groups attached to an aromatic ring is 1. The normalized spacial score (nSPS) is 18.3. The molecule has 1 aliphatic heterocycles. The molecule has 0 radical (unpaired) electrons. The van der Waals surface area contributed by atoms with Crippen molar-refractivity contribution >= 4 is 48.0 Å². The van der Waals surface area contributed by atoms with Gasteiger partial charge in [-0.2, -0.15) is 18.2 Å². The van der Waals surface area contributed by atoms with E-state index in [2.05, 4.69) is 20.2 Å². The number of fused-ring (bicyclic) bond motifs is 1. The van der Waals surface area contributed by atoms with Crippen LogP contribution in [0.1, 0.15) is 36.1 Å². The summed E-state index contributed by atoms with van der Waals surface area (Å²) in [7, 11) is 0. The van der Waals surface area contributed by atoms with Crippen molar-refractivity contribution in [2.45, 2.75) is 44.3 Å². The molecule has 1 atom stereocenters. The molecule has 1 fully saturated rings. The van der Waals surface area contributed by atoms with E-state index in [4.69, 9.17) is 11.5 Å². The molecule has 0 spiro atoms. The highest BCUT2D eigenvalue weighted by Crippen LogP contribution is 2.36. The monoisotopic (exact) mass is 464 g/mol. The maximum Gasteiger partial charge on any atom is 0.418 e. The van der Waals surface area contributed by atoms with E-state index >= 15 is 0 Å². The Kier molecular flexibility index (Phi) is 7.65. The molecule has 6 nitrogen and oxygen atoms in total. The number of aromatic nitrogens is 2. The number of benzene rings is 1. The number of nitrogens with zero attached hydrogens (tertiary/aromatic N) is 3. The first-order valence-corrected chi connectivity index (χ1v) is 9.45. The molecule has 1 aromatic carbocycles. The summed E-state index contributed by atoms with van der Waals surface area (Å²) in [6, 6.07) is 3.83. The quantitative estimate of drug-likeness (QED) is 0.592. The van der Waals surface area contributed by atoms with E-state index in [1.165, 1.54) is 12.1 Å². The lowest BCUT2D eigenvalue weighted by molar-refractivity contribution is -0.136. The Morgan fingerprint density at radius 1 is 1.10 bits per heavy atom. The van der Waals surface area contributed by atoms with E-state index in [0.717, 1.165) is 68.3 Å². The minimum atomic E-state index is -4.52. The van der Waals surface area contributed by atoms with E-state index in [9.17, 15) is 13.2 Å². The topological polar surface area (TPSA) is 93.1 Å². The number of aryl methyl sites for hydroxylation is 1. The Bertz CT molecular complexity index is 893. The third-order valence-electron chi connectivity index (χ3n) is 5.28. The smallest absolute Gasteiger partial charge is 0.398 e. The van der Waals surface area contributed by atoms with Gasteiger partial charge in [0.1, 0.15) is 5.82 Å². The van der Waals surface area contributed by atoms with Gasteiger partial charge in [-0.05, 0) is 50.3 Å². The van der Waals surface area contributed by atoms with Crippen molar-refractivity contribution in [3.63, 3.8) is 0 Å². The van der Waals surface area contributed by atoms with Crippen molar-refractivity contribution in [3.05, 3.63) is 35.0 Å². The van der Waals surface area contributed by atoms with Crippen LogP contribution in [0.5, 0.6) is 0 Å². The lowest BCUT2D eigenvalue weighted by Crippen LogP contribution is -2.43. The van der Waals surface area contributed by atoms with Gasteiger partial charge in [0.05, 0.1) is 11.3 Å². The third kappa shape index (κ3) is 5.01. The van der Waals surface area contributed by atoms with E-state index < -0.39 is 11.7 Å². The molecule has 0 amide bonds. The van der Waals surface area contributed by atoms with Crippen LogP contribution in [-0.2, 0) is 19.0 Å². The first kappa shape index (κ1) is 24.3. The Morgan fingerprint density at radius 3 is 2.57 bits per heavy atom. The number of halogens is 5. The summed E-state index contributed by atoms with van der Waals surface area (Å²) in [6.07, 6.45) is 0.220. The van der Waals surface area contributed by atoms with Crippen molar-refractivity contribution in [2.24, 2.45) is 5.73 Å². The number of hydrogen-bond donors (Lipinski definition) is 3. The van der Waals surface area contributed by atoms with Crippen LogP contribution < -0.4 is 21.7 Å². The average Bonchev–Trinajstić information content (AvgIpc) is 3.10. The van der Waals surface area contributed by atoms with Crippen molar-refractivity contribution in [1.29, 1.82) is 0 Å². The maximum atomic E-state index is 13.1. The molecule has 166 valence electrons. The molecule has 0 bridgehead atoms. The maximum absolute atomic E-state index is 13.1. The van der Waals surface area contributed by atoms with Gasteiger partial charge in [-0.25, -0.2) is 4.98 Å². The standard InChI is InChI=1S/C19H23F3N6.2ClH/c20-19(21,22)14-9-12(6-7-15(14)24)25-18-26-16-5-1-4-13(16)17(27-18)28-8-2-3-11(23)10-28;;/h6-7,9,11H,1-5,8,10,23-24H2,(H,25,26,27);2*1H/t11-;;/m1../s1. The molecule has 1 saturated heterocycles. The van der Waals surface area contributed by atoms with Gasteiger partial charge in [-0.1, -0.05) is 0 Å². The molecule has 2 heterocycles. The largest absolute Gasteiger partial charge is 0.418 e. The zero-order chi connectivity index (χ0) is 19.9. The predicted molar refractivity (Wildman–Crippen MR) is 117 cm³/mol. The summed E-state index contributed by atoms with van der Waals surface area (Å²) in [5.41, 5.74) is 12.8. The summed E-state index contributed by atoms with van der Waals surface area (Å²) in [6.45, 7) is 1.60. The first-order chi connectivity index (χ1) is 13.3. The summed E-state index contributed by atoms with van der Waals surface area (Å²) >= 11 is 0. The minimum Gasteiger partial charge on any atom is -0.398 e. The fraction of sp³-hybridized carbons (Fsp3) is 0.474. The minimum absolute atomic E-state index is 0. The van der Waals surface area contributed by atoms with Gasteiger partial charge in [-0.3, -0.25) is 0 Å². The Morgan fingerprint density at radius 2 is 1.87 bits per heavy atom. The van der Waals surface area contributed by atoms with Crippen molar-refractivity contribution in [1.82, 2.24) is 9.97 Å². The fourth-order valence-electron chi connectivity index (χ4n) is 3.94. The van der Waals surface area contributed by atoms with E-state index in [-0.39, 0.29) is 42.2 Å². The van der Waals surface area contributed by atoms with Gasteiger partial charge < -0.3 is 21.7 Å². The van der Waals surface area contributed by atoms with Crippen molar-refractivity contribution in [2.75, 3.05) is 29.0 Å². The van der Waals surface area contributed by atoms with E-state index in [1.807, 2.05) is 0 Å². The summed E-state index contributed by atoms with van der Waals surface area (Å²) in [4.78, 5) is 11.4. The number of alkyl halides is 3. The molecule has 1 aliphatic carbocycles. The van der Waals surface area contributed by atoms with E-state index in [0.29, 0.717) is 5.95 Å². The molecule has 0 unspecified atom stereocenters. The average molecular weight is 465 g/mol. The van der Waals surface area contributed by atoms with Crippen LogP contribution >= 0.6 is 24.8 Å². The molecule has 4 rings (SSSR count). The summed E-state index contributed by atoms with van der Waals surface area (Å²) < 4.78 is 39.4. The van der Waals surface area contributed by atoms with Gasteiger partial charge in [0.25, 0.3) is 0 Å². The molecule has 0 saturated carbocycles. The summed E-state index contributed by atoms with van der Waals surface area (Å²) in [5, 5.41) is 2.93. The molecular weight excluding hydrogens is 440 g/mol. The van der Waals surface area contributed by atoms with Crippen LogP contribution in [0.4, 0.5) is 36.3 Å². The second-order valence-corrected chi connectivity index (χ2v) is 7.42. The SMILES string of the molecule is Cl.Cl.Nc1ccc(Nc2nc3c(c(N4CCC[C@@H](N)C4)n2)CCC3)cc1C(F)(F)F. The lowest BCUT2D eigenvalue weighted by Gasteiger charge is -2.33. The fourth-order valence-corrected chi connectivity index (χ4v) is 3.94. The van der Waals surface area contributed by atoms with Crippen molar-refractivity contribution in [3.8, 4) is 0 Å². The molecule has 1 aromatic heterocycles. The number of anilines is 4. The lowest BCUT2D eigenvalue weighted by atomic mass is 10.1. The molecule has 11 heteroatoms. The number of piperidine rings is 1. The first-order valence-electron chi connectivity index (χ1n) is 9.45.